The van der Waals surface area contributed by atoms with Gasteiger partial charge in [-0.25, -0.2) is 17.8 Å². The molecule has 0 spiro atoms. The van der Waals surface area contributed by atoms with E-state index in [1.807, 2.05) is 18.2 Å². The number of pyridine rings is 1. The Balaban J connectivity index is 1.41. The normalized spacial score (nSPS) is 14.8. The summed E-state index contributed by atoms with van der Waals surface area (Å²) >= 11 is 6.00. The van der Waals surface area contributed by atoms with Crippen molar-refractivity contribution in [2.75, 3.05) is 20.2 Å². The fourth-order valence-corrected chi connectivity index (χ4v) is 6.07. The van der Waals surface area contributed by atoms with Crippen LogP contribution in [0.1, 0.15) is 17.7 Å². The van der Waals surface area contributed by atoms with E-state index in [1.54, 1.807) is 43.6 Å². The smallest absolute Gasteiger partial charge is 0.218 e. The van der Waals surface area contributed by atoms with Crippen LogP contribution in [0.25, 0.3) is 27.7 Å². The minimum atomic E-state index is -3.48. The molecule has 0 bridgehead atoms. The zero-order chi connectivity index (χ0) is 24.6. The lowest BCUT2D eigenvalue weighted by molar-refractivity contribution is 0.415. The fourth-order valence-electron chi connectivity index (χ4n) is 4.40. The number of nitrogens with zero attached hydrogens (tertiary/aromatic N) is 2. The van der Waals surface area contributed by atoms with Gasteiger partial charge in [0.2, 0.25) is 10.0 Å². The molecule has 4 aromatic rings. The van der Waals surface area contributed by atoms with E-state index in [1.165, 1.54) is 16.4 Å². The number of aromatic nitrogens is 2. The summed E-state index contributed by atoms with van der Waals surface area (Å²) in [5, 5.41) is 1.35. The minimum absolute atomic E-state index is 0.0914. The second-order valence-electron chi connectivity index (χ2n) is 8.37. The number of halogens is 2. The lowest BCUT2D eigenvalue weighted by atomic mass is 10.0. The summed E-state index contributed by atoms with van der Waals surface area (Å²) in [6.07, 6.45) is 4.15. The third kappa shape index (κ3) is 4.82. The Morgan fingerprint density at radius 3 is 2.74 bits per heavy atom. The van der Waals surface area contributed by atoms with Gasteiger partial charge < -0.3 is 9.72 Å². The van der Waals surface area contributed by atoms with Gasteiger partial charge in [0.25, 0.3) is 0 Å². The predicted octanol–water partition coefficient (Wildman–Crippen LogP) is 5.65. The van der Waals surface area contributed by atoms with E-state index in [-0.39, 0.29) is 18.1 Å². The van der Waals surface area contributed by atoms with Crippen LogP contribution in [-0.2, 0) is 15.8 Å². The van der Waals surface area contributed by atoms with Crippen LogP contribution in [0.5, 0.6) is 5.75 Å². The number of ether oxygens (including phenoxy) is 1. The van der Waals surface area contributed by atoms with Gasteiger partial charge in [0.15, 0.2) is 0 Å². The minimum Gasteiger partial charge on any atom is -0.496 e. The summed E-state index contributed by atoms with van der Waals surface area (Å²) in [4.78, 5) is 7.77. The topological polar surface area (TPSA) is 75.3 Å². The van der Waals surface area contributed by atoms with Crippen molar-refractivity contribution in [3.05, 3.63) is 89.0 Å². The van der Waals surface area contributed by atoms with Gasteiger partial charge in [0.05, 0.1) is 12.9 Å². The van der Waals surface area contributed by atoms with Crippen LogP contribution < -0.4 is 4.74 Å². The Labute approximate surface area is 208 Å². The van der Waals surface area contributed by atoms with E-state index in [0.29, 0.717) is 40.5 Å². The maximum absolute atomic E-state index is 14.0. The summed E-state index contributed by atoms with van der Waals surface area (Å²) in [7, 11) is -1.93. The molecule has 0 atom stereocenters. The van der Waals surface area contributed by atoms with E-state index in [0.717, 1.165) is 22.2 Å². The molecule has 2 aromatic heterocycles. The van der Waals surface area contributed by atoms with Crippen molar-refractivity contribution in [2.24, 2.45) is 0 Å². The summed E-state index contributed by atoms with van der Waals surface area (Å²) in [6, 6.07) is 15.1. The molecule has 0 fully saturated rings. The first-order valence-electron chi connectivity index (χ1n) is 11.1. The van der Waals surface area contributed by atoms with E-state index >= 15 is 0 Å². The van der Waals surface area contributed by atoms with Gasteiger partial charge in [-0.3, -0.25) is 0 Å². The number of hydrogen-bond donors (Lipinski definition) is 1. The quantitative estimate of drug-likeness (QED) is 0.363. The van der Waals surface area contributed by atoms with Crippen molar-refractivity contribution in [1.82, 2.24) is 14.3 Å². The zero-order valence-electron chi connectivity index (χ0n) is 19.0. The molecule has 0 amide bonds. The van der Waals surface area contributed by atoms with Crippen molar-refractivity contribution in [3.63, 3.8) is 0 Å². The Morgan fingerprint density at radius 2 is 2.00 bits per heavy atom. The van der Waals surface area contributed by atoms with E-state index in [9.17, 15) is 12.8 Å². The molecule has 9 heteroatoms. The summed E-state index contributed by atoms with van der Waals surface area (Å²) < 4.78 is 46.8. The molecule has 6 nitrogen and oxygen atoms in total. The van der Waals surface area contributed by atoms with Crippen LogP contribution in [0.15, 0.2) is 66.9 Å². The highest BCUT2D eigenvalue weighted by Gasteiger charge is 2.25. The third-order valence-electron chi connectivity index (χ3n) is 6.13. The number of nitrogens with one attached hydrogen (secondary N) is 1. The Hall–Kier alpha value is -3.20. The molecule has 5 rings (SSSR count). The second-order valence-corrected chi connectivity index (χ2v) is 10.8. The Kier molecular flexibility index (Phi) is 6.35. The van der Waals surface area contributed by atoms with Crippen LogP contribution in [-0.4, -0.2) is 42.9 Å². The van der Waals surface area contributed by atoms with Crippen molar-refractivity contribution in [3.8, 4) is 16.9 Å². The van der Waals surface area contributed by atoms with Gasteiger partial charge >= 0.3 is 0 Å². The monoisotopic (exact) mass is 511 g/mol. The van der Waals surface area contributed by atoms with E-state index in [2.05, 4.69) is 9.97 Å². The van der Waals surface area contributed by atoms with Gasteiger partial charge in [-0.2, -0.15) is 4.31 Å². The average Bonchev–Trinajstić information content (AvgIpc) is 3.28. The van der Waals surface area contributed by atoms with Crippen molar-refractivity contribution >= 4 is 38.2 Å². The zero-order valence-corrected chi connectivity index (χ0v) is 20.5. The lowest BCUT2D eigenvalue weighted by Gasteiger charge is -2.25. The molecule has 0 saturated heterocycles. The maximum atomic E-state index is 14.0. The van der Waals surface area contributed by atoms with Crippen LogP contribution in [0, 0.1) is 5.82 Å². The first-order chi connectivity index (χ1) is 16.8. The number of hydrogen-bond acceptors (Lipinski definition) is 4. The van der Waals surface area contributed by atoms with Gasteiger partial charge in [0, 0.05) is 41.0 Å². The lowest BCUT2D eigenvalue weighted by Crippen LogP contribution is -2.35. The second kappa shape index (κ2) is 9.45. The highest BCUT2D eigenvalue weighted by atomic mass is 35.5. The Bertz CT molecular complexity index is 1550. The van der Waals surface area contributed by atoms with Gasteiger partial charge in [0.1, 0.15) is 17.2 Å². The molecule has 1 N–H and O–H groups in total. The number of fused-ring (bicyclic) bond motifs is 1. The highest BCUT2D eigenvalue weighted by molar-refractivity contribution is 7.88. The molecule has 1 aliphatic heterocycles. The molecule has 0 unspecified atom stereocenters. The molecule has 0 aliphatic carbocycles. The molecule has 0 radical (unpaired) electrons. The van der Waals surface area contributed by atoms with E-state index in [4.69, 9.17) is 16.3 Å². The number of methoxy groups -OCH3 is 1. The van der Waals surface area contributed by atoms with Gasteiger partial charge in [-0.15, -0.1) is 0 Å². The molecular formula is C26H23ClFN3O3S. The third-order valence-corrected chi connectivity index (χ3v) is 8.18. The van der Waals surface area contributed by atoms with Crippen LogP contribution in [0.3, 0.4) is 0 Å². The van der Waals surface area contributed by atoms with Gasteiger partial charge in [-0.1, -0.05) is 29.8 Å². The molecular weight excluding hydrogens is 489 g/mol. The van der Waals surface area contributed by atoms with Crippen LogP contribution in [0.4, 0.5) is 4.39 Å². The molecule has 0 saturated carbocycles. The Morgan fingerprint density at radius 1 is 1.14 bits per heavy atom. The summed E-state index contributed by atoms with van der Waals surface area (Å²) in [6.45, 7) is 0.660. The molecule has 3 heterocycles. The average molecular weight is 512 g/mol. The standard InChI is InChI=1S/C26H23ClFN3O3S/c1-34-25-6-5-20(28)14-22(25)21-7-10-29-26-23(21)15-24(30-26)18-8-11-31(12-9-18)35(32,33)16-17-3-2-4-19(27)13-17/h2-8,10,13-15H,9,11-12,16H2,1H3,(H,29,30). The van der Waals surface area contributed by atoms with Crippen molar-refractivity contribution < 1.29 is 17.5 Å². The van der Waals surface area contributed by atoms with Crippen LogP contribution in [0.2, 0.25) is 5.02 Å². The number of sulfonamides is 1. The first-order valence-corrected chi connectivity index (χ1v) is 13.1. The number of rotatable bonds is 6. The molecule has 180 valence electrons. The largest absolute Gasteiger partial charge is 0.496 e. The fraction of sp³-hybridized carbons (Fsp3) is 0.192. The number of H-pyrrole nitrogens is 1. The molecule has 2 aromatic carbocycles. The highest BCUT2D eigenvalue weighted by Crippen LogP contribution is 2.36. The SMILES string of the molecule is COc1ccc(F)cc1-c1ccnc2[nH]c(C3=CCN(S(=O)(=O)Cc4cccc(Cl)c4)CC3)cc12. The molecule has 1 aliphatic rings. The van der Waals surface area contributed by atoms with Crippen molar-refractivity contribution in [1.29, 1.82) is 0 Å². The number of benzene rings is 2. The summed E-state index contributed by atoms with van der Waals surface area (Å²) in [5.74, 6) is 0.126. The first kappa shape index (κ1) is 23.5. The van der Waals surface area contributed by atoms with Crippen molar-refractivity contribution in [2.45, 2.75) is 12.2 Å². The van der Waals surface area contributed by atoms with Crippen LogP contribution >= 0.6 is 11.6 Å². The van der Waals surface area contributed by atoms with E-state index < -0.39 is 10.0 Å². The number of aromatic amines is 1. The maximum Gasteiger partial charge on any atom is 0.218 e. The van der Waals surface area contributed by atoms with Gasteiger partial charge in [-0.05, 0) is 65.6 Å². The molecule has 35 heavy (non-hydrogen) atoms. The predicted molar refractivity (Wildman–Crippen MR) is 136 cm³/mol. The summed E-state index contributed by atoms with van der Waals surface area (Å²) in [5.41, 5.74) is 4.64.